The molecule has 1 heterocycles. The number of benzene rings is 1. The van der Waals surface area contributed by atoms with E-state index >= 15 is 0 Å². The Morgan fingerprint density at radius 3 is 2.74 bits per heavy atom. The first kappa shape index (κ1) is 13.7. The van der Waals surface area contributed by atoms with Crippen LogP contribution in [0.25, 0.3) is 0 Å². The van der Waals surface area contributed by atoms with E-state index in [1.807, 2.05) is 18.2 Å². The Labute approximate surface area is 118 Å². The number of nitrogens with zero attached hydrogens (tertiary/aromatic N) is 1. The van der Waals surface area contributed by atoms with Gasteiger partial charge in [-0.3, -0.25) is 0 Å². The van der Waals surface area contributed by atoms with E-state index in [4.69, 9.17) is 10.5 Å². The largest absolute Gasteiger partial charge is 0.497 e. The predicted octanol–water partition coefficient (Wildman–Crippen LogP) is 3.41. The third kappa shape index (κ3) is 3.20. The first-order valence-corrected chi connectivity index (χ1v) is 7.18. The summed E-state index contributed by atoms with van der Waals surface area (Å²) in [5, 5.41) is 2.11. The van der Waals surface area contributed by atoms with Gasteiger partial charge in [-0.1, -0.05) is 6.07 Å². The van der Waals surface area contributed by atoms with Crippen molar-refractivity contribution < 1.29 is 4.74 Å². The summed E-state index contributed by atoms with van der Waals surface area (Å²) in [6, 6.07) is 10.5. The van der Waals surface area contributed by atoms with Crippen LogP contribution < -0.4 is 15.4 Å². The number of rotatable bonds is 5. The number of likely N-dealkylation sites (N-methyl/N-ethyl adjacent to an activating group) is 1. The zero-order chi connectivity index (χ0) is 13.8. The second-order valence-electron chi connectivity index (χ2n) is 4.67. The van der Waals surface area contributed by atoms with Crippen LogP contribution in [0.4, 0.5) is 11.4 Å². The van der Waals surface area contributed by atoms with Crippen molar-refractivity contribution in [3.8, 4) is 5.75 Å². The summed E-state index contributed by atoms with van der Waals surface area (Å²) in [7, 11) is 3.73. The number of hydrogen-bond acceptors (Lipinski definition) is 4. The second kappa shape index (κ2) is 5.97. The van der Waals surface area contributed by atoms with E-state index in [1.165, 1.54) is 4.88 Å². The summed E-state index contributed by atoms with van der Waals surface area (Å²) < 4.78 is 5.18. The minimum Gasteiger partial charge on any atom is -0.497 e. The molecule has 2 N–H and O–H groups in total. The molecule has 0 aliphatic carbocycles. The van der Waals surface area contributed by atoms with Crippen LogP contribution in [-0.4, -0.2) is 20.2 Å². The molecule has 0 spiro atoms. The molecular formula is C15H20N2OS. The molecule has 0 bridgehead atoms. The van der Waals surface area contributed by atoms with Crippen LogP contribution in [0.1, 0.15) is 11.8 Å². The number of hydrogen-bond donors (Lipinski definition) is 1. The summed E-state index contributed by atoms with van der Waals surface area (Å²) in [5.41, 5.74) is 7.89. The minimum absolute atomic E-state index is 0.398. The van der Waals surface area contributed by atoms with E-state index in [2.05, 4.69) is 36.4 Å². The van der Waals surface area contributed by atoms with Crippen molar-refractivity contribution in [2.24, 2.45) is 0 Å². The summed E-state index contributed by atoms with van der Waals surface area (Å²) in [6.45, 7) is 2.21. The van der Waals surface area contributed by atoms with Gasteiger partial charge in [0.15, 0.2) is 0 Å². The SMILES string of the molecule is COc1ccc(N(C)C(C)Cc2cccs2)c(N)c1. The second-order valence-corrected chi connectivity index (χ2v) is 5.70. The molecule has 19 heavy (non-hydrogen) atoms. The van der Waals surface area contributed by atoms with Gasteiger partial charge in [0.05, 0.1) is 18.5 Å². The van der Waals surface area contributed by atoms with E-state index in [0.29, 0.717) is 6.04 Å². The Balaban J connectivity index is 2.12. The number of nitrogen functional groups attached to an aromatic ring is 1. The standard InChI is InChI=1S/C15H20N2OS/c1-11(9-13-5-4-8-19-13)17(2)15-7-6-12(18-3)10-14(15)16/h4-8,10-11H,9,16H2,1-3H3. The number of methoxy groups -OCH3 is 1. The van der Waals surface area contributed by atoms with Crippen molar-refractivity contribution in [1.29, 1.82) is 0 Å². The lowest BCUT2D eigenvalue weighted by Gasteiger charge is -2.28. The maximum Gasteiger partial charge on any atom is 0.121 e. The van der Waals surface area contributed by atoms with Crippen molar-refractivity contribution >= 4 is 22.7 Å². The molecule has 1 unspecified atom stereocenters. The van der Waals surface area contributed by atoms with Gasteiger partial charge in [0.2, 0.25) is 0 Å². The Bertz CT molecular complexity index is 525. The highest BCUT2D eigenvalue weighted by Gasteiger charge is 2.14. The first-order valence-electron chi connectivity index (χ1n) is 6.30. The van der Waals surface area contributed by atoms with E-state index in [0.717, 1.165) is 23.5 Å². The molecule has 0 fully saturated rings. The molecule has 0 aliphatic heterocycles. The average molecular weight is 276 g/mol. The topological polar surface area (TPSA) is 38.5 Å². The zero-order valence-corrected chi connectivity index (χ0v) is 12.4. The lowest BCUT2D eigenvalue weighted by atomic mass is 10.1. The smallest absolute Gasteiger partial charge is 0.121 e. The number of thiophene rings is 1. The monoisotopic (exact) mass is 276 g/mol. The molecule has 1 aromatic heterocycles. The van der Waals surface area contributed by atoms with Gasteiger partial charge in [0, 0.05) is 30.5 Å². The molecular weight excluding hydrogens is 256 g/mol. The maximum absolute atomic E-state index is 6.09. The highest BCUT2D eigenvalue weighted by molar-refractivity contribution is 7.09. The van der Waals surface area contributed by atoms with Crippen LogP contribution in [0.15, 0.2) is 35.7 Å². The molecule has 0 radical (unpaired) electrons. The molecule has 0 amide bonds. The predicted molar refractivity (Wildman–Crippen MR) is 83.3 cm³/mol. The lowest BCUT2D eigenvalue weighted by Crippen LogP contribution is -2.31. The van der Waals surface area contributed by atoms with Crippen LogP contribution >= 0.6 is 11.3 Å². The third-order valence-electron chi connectivity index (χ3n) is 3.35. The highest BCUT2D eigenvalue weighted by atomic mass is 32.1. The van der Waals surface area contributed by atoms with E-state index in [9.17, 15) is 0 Å². The number of ether oxygens (including phenoxy) is 1. The van der Waals surface area contributed by atoms with Crippen molar-refractivity contribution in [3.05, 3.63) is 40.6 Å². The van der Waals surface area contributed by atoms with Crippen LogP contribution in [0.5, 0.6) is 5.75 Å². The van der Waals surface area contributed by atoms with Crippen molar-refractivity contribution in [2.75, 3.05) is 24.8 Å². The van der Waals surface area contributed by atoms with Gasteiger partial charge in [0.1, 0.15) is 5.75 Å². The molecule has 2 aromatic rings. The molecule has 2 rings (SSSR count). The normalized spacial score (nSPS) is 12.2. The fourth-order valence-corrected chi connectivity index (χ4v) is 2.90. The molecule has 4 heteroatoms. The van der Waals surface area contributed by atoms with E-state index in [1.54, 1.807) is 18.4 Å². The Morgan fingerprint density at radius 2 is 2.16 bits per heavy atom. The van der Waals surface area contributed by atoms with Gasteiger partial charge in [0.25, 0.3) is 0 Å². The molecule has 1 atom stereocenters. The van der Waals surface area contributed by atoms with Crippen LogP contribution in [-0.2, 0) is 6.42 Å². The number of anilines is 2. The first-order chi connectivity index (χ1) is 9.11. The summed E-state index contributed by atoms with van der Waals surface area (Å²) in [6.07, 6.45) is 1.03. The van der Waals surface area contributed by atoms with Gasteiger partial charge in [-0.15, -0.1) is 11.3 Å². The molecule has 0 aliphatic rings. The fraction of sp³-hybridized carbons (Fsp3) is 0.333. The summed E-state index contributed by atoms with van der Waals surface area (Å²) in [4.78, 5) is 3.61. The average Bonchev–Trinajstić information content (AvgIpc) is 2.90. The van der Waals surface area contributed by atoms with E-state index in [-0.39, 0.29) is 0 Å². The van der Waals surface area contributed by atoms with Gasteiger partial charge in [-0.05, 0) is 30.5 Å². The van der Waals surface area contributed by atoms with Gasteiger partial charge in [-0.2, -0.15) is 0 Å². The highest BCUT2D eigenvalue weighted by Crippen LogP contribution is 2.29. The van der Waals surface area contributed by atoms with Crippen LogP contribution in [0, 0.1) is 0 Å². The van der Waals surface area contributed by atoms with Gasteiger partial charge < -0.3 is 15.4 Å². The fourth-order valence-electron chi connectivity index (χ4n) is 2.08. The molecule has 102 valence electrons. The third-order valence-corrected chi connectivity index (χ3v) is 4.25. The van der Waals surface area contributed by atoms with Crippen molar-refractivity contribution in [2.45, 2.75) is 19.4 Å². The maximum atomic E-state index is 6.09. The van der Waals surface area contributed by atoms with Gasteiger partial charge in [-0.25, -0.2) is 0 Å². The number of nitrogens with two attached hydrogens (primary N) is 1. The Hall–Kier alpha value is -1.68. The molecule has 0 saturated heterocycles. The molecule has 3 nitrogen and oxygen atoms in total. The summed E-state index contributed by atoms with van der Waals surface area (Å²) >= 11 is 1.80. The summed E-state index contributed by atoms with van der Waals surface area (Å²) in [5.74, 6) is 0.792. The molecule has 1 aromatic carbocycles. The minimum atomic E-state index is 0.398. The van der Waals surface area contributed by atoms with Crippen LogP contribution in [0.3, 0.4) is 0 Å². The van der Waals surface area contributed by atoms with Crippen LogP contribution in [0.2, 0.25) is 0 Å². The van der Waals surface area contributed by atoms with Gasteiger partial charge >= 0.3 is 0 Å². The van der Waals surface area contributed by atoms with Crippen molar-refractivity contribution in [1.82, 2.24) is 0 Å². The Kier molecular flexibility index (Phi) is 4.32. The zero-order valence-electron chi connectivity index (χ0n) is 11.6. The van der Waals surface area contributed by atoms with Crippen molar-refractivity contribution in [3.63, 3.8) is 0 Å². The Morgan fingerprint density at radius 1 is 1.37 bits per heavy atom. The molecule has 0 saturated carbocycles. The lowest BCUT2D eigenvalue weighted by molar-refractivity contribution is 0.415. The quantitative estimate of drug-likeness (QED) is 0.851. The van der Waals surface area contributed by atoms with E-state index < -0.39 is 0 Å².